The Morgan fingerprint density at radius 1 is 1.05 bits per heavy atom. The number of alkyl halides is 2. The third kappa shape index (κ3) is 5.48. The number of carbonyl (C=O) groups is 3. The molecule has 3 amide bonds. The molecule has 3 aromatic rings. The Labute approximate surface area is 237 Å². The maximum absolute atomic E-state index is 14.5. The van der Waals surface area contributed by atoms with E-state index < -0.39 is 60.4 Å². The number of aromatic nitrogens is 2. The summed E-state index contributed by atoms with van der Waals surface area (Å²) in [5.41, 5.74) is -0.0211. The summed E-state index contributed by atoms with van der Waals surface area (Å²) in [6.07, 6.45) is 1.72. The van der Waals surface area contributed by atoms with E-state index >= 15 is 0 Å². The first-order valence-electron chi connectivity index (χ1n) is 12.4. The van der Waals surface area contributed by atoms with Gasteiger partial charge in [0, 0.05) is 59.0 Å². The average Bonchev–Trinajstić information content (AvgIpc) is 3.28. The van der Waals surface area contributed by atoms with E-state index in [0.29, 0.717) is 0 Å². The number of nitrogens with zero attached hydrogens (tertiary/aromatic N) is 4. The predicted octanol–water partition coefficient (Wildman–Crippen LogP) is 5.11. The van der Waals surface area contributed by atoms with Crippen molar-refractivity contribution in [1.82, 2.24) is 15.3 Å². The van der Waals surface area contributed by atoms with Gasteiger partial charge in [0.2, 0.25) is 17.8 Å². The molecule has 8 nitrogen and oxygen atoms in total. The first kappa shape index (κ1) is 27.9. The highest BCUT2D eigenvalue weighted by atomic mass is 35.5. The van der Waals surface area contributed by atoms with Crippen LogP contribution in [0.25, 0.3) is 0 Å². The fourth-order valence-corrected chi connectivity index (χ4v) is 5.57. The Hall–Kier alpha value is -3.70. The molecule has 208 valence electrons. The van der Waals surface area contributed by atoms with Gasteiger partial charge in [0.15, 0.2) is 0 Å². The van der Waals surface area contributed by atoms with Crippen molar-refractivity contribution in [1.29, 1.82) is 0 Å². The van der Waals surface area contributed by atoms with Gasteiger partial charge in [-0.3, -0.25) is 24.2 Å². The van der Waals surface area contributed by atoms with E-state index in [1.54, 1.807) is 6.07 Å². The minimum Gasteiger partial charge on any atom is -0.351 e. The molecule has 2 fully saturated rings. The van der Waals surface area contributed by atoms with Crippen LogP contribution in [0.15, 0.2) is 60.9 Å². The summed E-state index contributed by atoms with van der Waals surface area (Å²) < 4.78 is 41.7. The van der Waals surface area contributed by atoms with Crippen LogP contribution in [-0.2, 0) is 14.4 Å². The van der Waals surface area contributed by atoms with Gasteiger partial charge >= 0.3 is 0 Å². The summed E-state index contributed by atoms with van der Waals surface area (Å²) in [4.78, 5) is 51.4. The van der Waals surface area contributed by atoms with E-state index in [1.165, 1.54) is 42.7 Å². The number of nitrogens with one attached hydrogen (secondary N) is 1. The van der Waals surface area contributed by atoms with E-state index in [0.717, 1.165) is 21.9 Å². The molecule has 1 saturated carbocycles. The molecule has 13 heteroatoms. The minimum absolute atomic E-state index is 0.00742. The van der Waals surface area contributed by atoms with Crippen molar-refractivity contribution in [3.05, 3.63) is 82.4 Å². The third-order valence-corrected chi connectivity index (χ3v) is 7.46. The lowest BCUT2D eigenvalue weighted by atomic mass is 9.87. The van der Waals surface area contributed by atoms with E-state index in [9.17, 15) is 27.6 Å². The molecule has 2 aromatic carbocycles. The van der Waals surface area contributed by atoms with Crippen molar-refractivity contribution in [2.24, 2.45) is 0 Å². The van der Waals surface area contributed by atoms with Gasteiger partial charge in [-0.25, -0.2) is 23.1 Å². The van der Waals surface area contributed by atoms with E-state index in [-0.39, 0.29) is 40.1 Å². The van der Waals surface area contributed by atoms with Gasteiger partial charge in [-0.1, -0.05) is 35.3 Å². The van der Waals surface area contributed by atoms with Crippen LogP contribution in [0.5, 0.6) is 0 Å². The summed E-state index contributed by atoms with van der Waals surface area (Å²) >= 11 is 13.0. The fraction of sp³-hybridized carbons (Fsp3) is 0.296. The van der Waals surface area contributed by atoms with Gasteiger partial charge in [-0.2, -0.15) is 0 Å². The molecule has 1 aromatic heterocycles. The van der Waals surface area contributed by atoms with Gasteiger partial charge in [-0.05, 0) is 42.8 Å². The molecule has 1 aliphatic heterocycles. The number of carbonyl (C=O) groups excluding carboxylic acids is 3. The summed E-state index contributed by atoms with van der Waals surface area (Å²) in [6, 6.07) is 7.32. The minimum atomic E-state index is -2.92. The Balaban J connectivity index is 1.63. The van der Waals surface area contributed by atoms with Gasteiger partial charge < -0.3 is 5.32 Å². The summed E-state index contributed by atoms with van der Waals surface area (Å²) in [5, 5.41) is 2.60. The van der Waals surface area contributed by atoms with Crippen LogP contribution in [0.4, 0.5) is 24.8 Å². The number of amides is 3. The highest BCUT2D eigenvalue weighted by Gasteiger charge is 2.49. The lowest BCUT2D eigenvalue weighted by Gasteiger charge is -2.39. The Bertz CT molecular complexity index is 1430. The number of anilines is 2. The highest BCUT2D eigenvalue weighted by Crippen LogP contribution is 2.41. The highest BCUT2D eigenvalue weighted by molar-refractivity contribution is 6.36. The molecule has 2 atom stereocenters. The Kier molecular flexibility index (Phi) is 7.70. The molecule has 1 N–H and O–H groups in total. The SMILES string of the molecule is O=C(NC1CC(F)(F)C1)C(c1c(Cl)cccc1Cl)N(C(=O)[C@@H]1CCC(=O)N1c1ncccn1)c1cccc(F)c1. The maximum atomic E-state index is 14.5. The van der Waals surface area contributed by atoms with Gasteiger partial charge in [0.1, 0.15) is 17.9 Å². The van der Waals surface area contributed by atoms with Crippen molar-refractivity contribution >= 4 is 52.6 Å². The maximum Gasteiger partial charge on any atom is 0.252 e. The molecule has 0 radical (unpaired) electrons. The van der Waals surface area contributed by atoms with Crippen molar-refractivity contribution in [2.75, 3.05) is 9.80 Å². The van der Waals surface area contributed by atoms with Gasteiger partial charge in [-0.15, -0.1) is 0 Å². The summed E-state index contributed by atoms with van der Waals surface area (Å²) in [6.45, 7) is 0. The summed E-state index contributed by atoms with van der Waals surface area (Å²) in [7, 11) is 0. The molecule has 0 spiro atoms. The molecule has 2 aliphatic rings. The lowest BCUT2D eigenvalue weighted by molar-refractivity contribution is -0.133. The molecule has 2 heterocycles. The topological polar surface area (TPSA) is 95.5 Å². The van der Waals surface area contributed by atoms with E-state index in [4.69, 9.17) is 23.2 Å². The number of halogens is 5. The second-order valence-electron chi connectivity index (χ2n) is 9.56. The Morgan fingerprint density at radius 2 is 1.70 bits per heavy atom. The lowest BCUT2D eigenvalue weighted by Crippen LogP contribution is -2.56. The fourth-order valence-electron chi connectivity index (χ4n) is 4.97. The Morgan fingerprint density at radius 3 is 2.33 bits per heavy atom. The van der Waals surface area contributed by atoms with Crippen LogP contribution in [0.3, 0.4) is 0 Å². The van der Waals surface area contributed by atoms with Crippen molar-refractivity contribution in [2.45, 2.75) is 49.7 Å². The third-order valence-electron chi connectivity index (χ3n) is 6.80. The average molecular weight is 592 g/mol. The zero-order chi connectivity index (χ0) is 28.6. The number of benzene rings is 2. The van der Waals surface area contributed by atoms with Crippen molar-refractivity contribution in [3.63, 3.8) is 0 Å². The molecule has 1 unspecified atom stereocenters. The molecule has 1 saturated heterocycles. The quantitative estimate of drug-likeness (QED) is 0.412. The number of hydrogen-bond donors (Lipinski definition) is 1. The standard InChI is InChI=1S/C27H22Cl2F3N5O3/c28-18-6-2-7-19(29)22(18)23(24(39)35-16-13-27(31,32)14-16)36(17-5-1-4-15(30)12-17)25(40)20-8-9-21(38)37(20)26-33-10-3-11-34-26/h1-7,10-12,16,20,23H,8-9,13-14H2,(H,35,39)/t20-,23?/m0/s1. The van der Waals surface area contributed by atoms with Crippen molar-refractivity contribution in [3.8, 4) is 0 Å². The molecular weight excluding hydrogens is 570 g/mol. The molecular formula is C27H22Cl2F3N5O3. The number of hydrogen-bond acceptors (Lipinski definition) is 5. The second-order valence-corrected chi connectivity index (χ2v) is 10.4. The molecule has 5 rings (SSSR count). The van der Waals surface area contributed by atoms with Crippen LogP contribution in [-0.4, -0.2) is 45.7 Å². The largest absolute Gasteiger partial charge is 0.351 e. The molecule has 1 aliphatic carbocycles. The first-order valence-corrected chi connectivity index (χ1v) is 13.1. The number of rotatable bonds is 7. The monoisotopic (exact) mass is 591 g/mol. The predicted molar refractivity (Wildman–Crippen MR) is 142 cm³/mol. The van der Waals surface area contributed by atoms with Crippen LogP contribution in [0.1, 0.15) is 37.3 Å². The van der Waals surface area contributed by atoms with Crippen LogP contribution >= 0.6 is 23.2 Å². The van der Waals surface area contributed by atoms with Crippen molar-refractivity contribution < 1.29 is 27.6 Å². The zero-order valence-corrected chi connectivity index (χ0v) is 22.2. The van der Waals surface area contributed by atoms with Crippen LogP contribution in [0.2, 0.25) is 10.0 Å². The smallest absolute Gasteiger partial charge is 0.252 e. The first-order chi connectivity index (χ1) is 19.1. The van der Waals surface area contributed by atoms with Crippen LogP contribution < -0.4 is 15.1 Å². The summed E-state index contributed by atoms with van der Waals surface area (Å²) in [5.74, 6) is -5.68. The van der Waals surface area contributed by atoms with Gasteiger partial charge in [0.05, 0.1) is 0 Å². The molecule has 40 heavy (non-hydrogen) atoms. The van der Waals surface area contributed by atoms with Crippen LogP contribution in [0, 0.1) is 5.82 Å². The van der Waals surface area contributed by atoms with Gasteiger partial charge in [0.25, 0.3) is 11.8 Å². The van der Waals surface area contributed by atoms with E-state index in [2.05, 4.69) is 15.3 Å². The van der Waals surface area contributed by atoms with E-state index in [1.807, 2.05) is 0 Å². The molecule has 0 bridgehead atoms. The second kappa shape index (κ2) is 11.1. The zero-order valence-electron chi connectivity index (χ0n) is 20.7. The normalized spacial score (nSPS) is 19.2.